The van der Waals surface area contributed by atoms with Gasteiger partial charge in [0.1, 0.15) is 11.6 Å². The largest absolute Gasteiger partial charge is 0.458 e. The first-order valence-corrected chi connectivity index (χ1v) is 6.17. The summed E-state index contributed by atoms with van der Waals surface area (Å²) in [4.78, 5) is 0. The van der Waals surface area contributed by atoms with Crippen LogP contribution >= 0.6 is 0 Å². The molecule has 0 bridgehead atoms. The van der Waals surface area contributed by atoms with Crippen molar-refractivity contribution in [2.45, 2.75) is 32.7 Å². The highest BCUT2D eigenvalue weighted by Gasteiger charge is 2.31. The molecule has 0 saturated heterocycles. The Bertz CT molecular complexity index is 569. The Balaban J connectivity index is 2.15. The van der Waals surface area contributed by atoms with Gasteiger partial charge in [0.25, 0.3) is 0 Å². The van der Waals surface area contributed by atoms with Gasteiger partial charge in [-0.15, -0.1) is 10.2 Å². The molecule has 3 rings (SSSR count). The number of rotatable bonds is 1. The quantitative estimate of drug-likeness (QED) is 0.774. The van der Waals surface area contributed by atoms with Crippen LogP contribution in [0.15, 0.2) is 16.5 Å². The molecule has 1 aliphatic rings. The molecule has 0 aliphatic carbocycles. The van der Waals surface area contributed by atoms with Crippen LogP contribution in [0.5, 0.6) is 0 Å². The predicted molar refractivity (Wildman–Crippen MR) is 66.3 cm³/mol. The zero-order valence-electron chi connectivity index (χ0n) is 10.9. The van der Waals surface area contributed by atoms with Crippen LogP contribution in [0, 0.1) is 6.92 Å². The summed E-state index contributed by atoms with van der Waals surface area (Å²) in [7, 11) is 0. The number of hydrogen-bond donors (Lipinski definition) is 0. The topological polar surface area (TPSA) is 53.1 Å². The Morgan fingerprint density at radius 2 is 2.11 bits per heavy atom. The van der Waals surface area contributed by atoms with Crippen LogP contribution in [0.1, 0.15) is 25.4 Å². The summed E-state index contributed by atoms with van der Waals surface area (Å²) in [6.45, 7) is 7.54. The van der Waals surface area contributed by atoms with Crippen LogP contribution in [0.3, 0.4) is 0 Å². The van der Waals surface area contributed by atoms with Gasteiger partial charge in [-0.3, -0.25) is 0 Å². The second kappa shape index (κ2) is 3.95. The number of nitrogens with zero attached hydrogens (tertiary/aromatic N) is 3. The fourth-order valence-electron chi connectivity index (χ4n) is 2.38. The summed E-state index contributed by atoms with van der Waals surface area (Å²) in [6.07, 6.45) is 0.788. The molecule has 0 N–H and O–H groups in total. The maximum Gasteiger partial charge on any atom is 0.200 e. The highest BCUT2D eigenvalue weighted by atomic mass is 16.5. The Hall–Kier alpha value is -1.62. The Kier molecular flexibility index (Phi) is 2.52. The molecule has 2 aromatic rings. The minimum atomic E-state index is -0.161. The molecule has 0 spiro atoms. The third-order valence-electron chi connectivity index (χ3n) is 3.22. The molecule has 0 unspecified atom stereocenters. The summed E-state index contributed by atoms with van der Waals surface area (Å²) in [5, 5.41) is 8.55. The average Bonchev–Trinajstić information content (AvgIpc) is 2.87. The van der Waals surface area contributed by atoms with Crippen molar-refractivity contribution >= 4 is 0 Å². The lowest BCUT2D eigenvalue weighted by Crippen LogP contribution is -2.31. The molecule has 5 heteroatoms. The Labute approximate surface area is 106 Å². The van der Waals surface area contributed by atoms with Crippen molar-refractivity contribution in [1.29, 1.82) is 0 Å². The SMILES string of the molecule is Cc1ccc(-c2nnc3n2C(C)(C)COCC3)o1. The van der Waals surface area contributed by atoms with Gasteiger partial charge in [0.15, 0.2) is 11.6 Å². The van der Waals surface area contributed by atoms with E-state index in [1.165, 1.54) is 0 Å². The van der Waals surface area contributed by atoms with E-state index in [1.807, 2.05) is 19.1 Å². The average molecular weight is 247 g/mol. The van der Waals surface area contributed by atoms with E-state index in [2.05, 4.69) is 28.6 Å². The molecule has 2 aromatic heterocycles. The predicted octanol–water partition coefficient (Wildman–Crippen LogP) is 2.15. The van der Waals surface area contributed by atoms with E-state index in [1.54, 1.807) is 0 Å². The molecule has 0 radical (unpaired) electrons. The second-order valence-electron chi connectivity index (χ2n) is 5.30. The Morgan fingerprint density at radius 3 is 2.83 bits per heavy atom. The first-order valence-electron chi connectivity index (χ1n) is 6.17. The van der Waals surface area contributed by atoms with Gasteiger partial charge in [-0.1, -0.05) is 0 Å². The van der Waals surface area contributed by atoms with E-state index in [4.69, 9.17) is 9.15 Å². The van der Waals surface area contributed by atoms with E-state index in [9.17, 15) is 0 Å². The van der Waals surface area contributed by atoms with Crippen molar-refractivity contribution in [2.75, 3.05) is 13.2 Å². The summed E-state index contributed by atoms with van der Waals surface area (Å²) in [6, 6.07) is 3.88. The van der Waals surface area contributed by atoms with E-state index in [-0.39, 0.29) is 5.54 Å². The first kappa shape index (κ1) is 11.5. The lowest BCUT2D eigenvalue weighted by Gasteiger charge is -2.26. The number of ether oxygens (including phenoxy) is 1. The lowest BCUT2D eigenvalue weighted by atomic mass is 10.1. The van der Waals surface area contributed by atoms with Crippen molar-refractivity contribution < 1.29 is 9.15 Å². The van der Waals surface area contributed by atoms with Gasteiger partial charge < -0.3 is 13.7 Å². The van der Waals surface area contributed by atoms with Crippen LogP contribution < -0.4 is 0 Å². The first-order chi connectivity index (χ1) is 8.58. The maximum absolute atomic E-state index is 5.66. The van der Waals surface area contributed by atoms with E-state index >= 15 is 0 Å². The normalized spacial score (nSPS) is 18.4. The fraction of sp³-hybridized carbons (Fsp3) is 0.538. The molecule has 0 saturated carbocycles. The lowest BCUT2D eigenvalue weighted by molar-refractivity contribution is 0.0841. The second-order valence-corrected chi connectivity index (χ2v) is 5.30. The van der Waals surface area contributed by atoms with Crippen LogP contribution in [-0.4, -0.2) is 28.0 Å². The fourth-order valence-corrected chi connectivity index (χ4v) is 2.38. The number of furan rings is 1. The Morgan fingerprint density at radius 1 is 1.28 bits per heavy atom. The van der Waals surface area contributed by atoms with Crippen molar-refractivity contribution in [3.05, 3.63) is 23.7 Å². The van der Waals surface area contributed by atoms with Crippen LogP contribution in [0.25, 0.3) is 11.6 Å². The van der Waals surface area contributed by atoms with E-state index < -0.39 is 0 Å². The van der Waals surface area contributed by atoms with E-state index in [0.29, 0.717) is 13.2 Å². The van der Waals surface area contributed by atoms with Gasteiger partial charge in [0.2, 0.25) is 0 Å². The van der Waals surface area contributed by atoms with Gasteiger partial charge in [-0.05, 0) is 32.9 Å². The van der Waals surface area contributed by atoms with E-state index in [0.717, 1.165) is 29.6 Å². The minimum absolute atomic E-state index is 0.161. The highest BCUT2D eigenvalue weighted by Crippen LogP contribution is 2.29. The molecule has 5 nitrogen and oxygen atoms in total. The molecule has 1 aliphatic heterocycles. The van der Waals surface area contributed by atoms with Crippen LogP contribution in [0.2, 0.25) is 0 Å². The van der Waals surface area contributed by atoms with Crippen molar-refractivity contribution in [2.24, 2.45) is 0 Å². The molecule has 96 valence electrons. The van der Waals surface area contributed by atoms with Crippen LogP contribution in [0.4, 0.5) is 0 Å². The van der Waals surface area contributed by atoms with Gasteiger partial charge in [0, 0.05) is 6.42 Å². The van der Waals surface area contributed by atoms with Crippen molar-refractivity contribution in [1.82, 2.24) is 14.8 Å². The zero-order chi connectivity index (χ0) is 12.8. The maximum atomic E-state index is 5.66. The number of aromatic nitrogens is 3. The summed E-state index contributed by atoms with van der Waals surface area (Å²) in [5.41, 5.74) is -0.161. The van der Waals surface area contributed by atoms with Gasteiger partial charge in [-0.2, -0.15) is 0 Å². The number of aryl methyl sites for hydroxylation is 1. The molecule has 0 aromatic carbocycles. The molecule has 0 fully saturated rings. The molecule has 0 amide bonds. The summed E-state index contributed by atoms with van der Waals surface area (Å²) < 4.78 is 13.4. The van der Waals surface area contributed by atoms with Gasteiger partial charge in [-0.25, -0.2) is 0 Å². The highest BCUT2D eigenvalue weighted by molar-refractivity contribution is 5.48. The summed E-state index contributed by atoms with van der Waals surface area (Å²) >= 11 is 0. The van der Waals surface area contributed by atoms with Gasteiger partial charge in [0.05, 0.1) is 18.8 Å². The van der Waals surface area contributed by atoms with Crippen molar-refractivity contribution in [3.8, 4) is 11.6 Å². The van der Waals surface area contributed by atoms with Gasteiger partial charge >= 0.3 is 0 Å². The zero-order valence-corrected chi connectivity index (χ0v) is 10.9. The van der Waals surface area contributed by atoms with Crippen molar-refractivity contribution in [3.63, 3.8) is 0 Å². The monoisotopic (exact) mass is 247 g/mol. The molecular weight excluding hydrogens is 230 g/mol. The third kappa shape index (κ3) is 1.75. The number of fused-ring (bicyclic) bond motifs is 1. The minimum Gasteiger partial charge on any atom is -0.458 e. The molecular formula is C13H17N3O2. The molecule has 18 heavy (non-hydrogen) atoms. The van der Waals surface area contributed by atoms with Crippen LogP contribution in [-0.2, 0) is 16.7 Å². The standard InChI is InChI=1S/C13H17N3O2/c1-9-4-5-10(18-9)12-15-14-11-6-7-17-8-13(2,3)16(11)12/h4-5H,6-8H2,1-3H3. The molecule has 3 heterocycles. The summed E-state index contributed by atoms with van der Waals surface area (Å²) in [5.74, 6) is 3.39. The smallest absolute Gasteiger partial charge is 0.200 e. The third-order valence-corrected chi connectivity index (χ3v) is 3.22. The molecule has 0 atom stereocenters. The number of hydrogen-bond acceptors (Lipinski definition) is 4.